The molecule has 3 fully saturated rings. The number of hydrogen-bond acceptors (Lipinski definition) is 1. The predicted octanol–water partition coefficient (Wildman–Crippen LogP) is 2.13. The van der Waals surface area contributed by atoms with Crippen LogP contribution in [0.25, 0.3) is 0 Å². The molecular weight excluding hydrogens is 146 g/mol. The summed E-state index contributed by atoms with van der Waals surface area (Å²) in [5.74, 6) is 3.16. The minimum atomic E-state index is 0.990. The van der Waals surface area contributed by atoms with Crippen LogP contribution in [0.4, 0.5) is 0 Å². The average Bonchev–Trinajstić information content (AvgIpc) is 2.59. The summed E-state index contributed by atoms with van der Waals surface area (Å²) in [5, 5.41) is 0. The lowest BCUT2D eigenvalue weighted by molar-refractivity contribution is 0.114. The molecule has 12 heavy (non-hydrogen) atoms. The summed E-state index contributed by atoms with van der Waals surface area (Å²) < 4.78 is 0. The zero-order chi connectivity index (χ0) is 8.13. The van der Waals surface area contributed by atoms with Crippen molar-refractivity contribution >= 4 is 0 Å². The van der Waals surface area contributed by atoms with Gasteiger partial charge in [0.05, 0.1) is 0 Å². The molecule has 0 aromatic rings. The molecule has 68 valence electrons. The lowest BCUT2D eigenvalue weighted by Crippen LogP contribution is -2.43. The molecule has 2 bridgehead atoms. The molecule has 3 rings (SSSR count). The molecule has 0 spiro atoms. The van der Waals surface area contributed by atoms with Crippen LogP contribution in [0, 0.1) is 17.8 Å². The van der Waals surface area contributed by atoms with E-state index in [1.54, 1.807) is 6.42 Å². The molecule has 1 aliphatic carbocycles. The number of piperidine rings is 1. The van der Waals surface area contributed by atoms with Gasteiger partial charge in [-0.25, -0.2) is 0 Å². The van der Waals surface area contributed by atoms with Gasteiger partial charge in [0.25, 0.3) is 0 Å². The summed E-state index contributed by atoms with van der Waals surface area (Å²) in [6.45, 7) is 5.31. The highest BCUT2D eigenvalue weighted by atomic mass is 15.2. The molecule has 1 heteroatoms. The van der Waals surface area contributed by atoms with E-state index in [0.29, 0.717) is 0 Å². The van der Waals surface area contributed by atoms with E-state index in [1.165, 1.54) is 32.4 Å². The largest absolute Gasteiger partial charge is 0.300 e. The van der Waals surface area contributed by atoms with Crippen LogP contribution in [0.3, 0.4) is 0 Å². The van der Waals surface area contributed by atoms with Gasteiger partial charge in [0, 0.05) is 12.6 Å². The molecule has 0 amide bonds. The van der Waals surface area contributed by atoms with Gasteiger partial charge < -0.3 is 0 Å². The smallest absolute Gasteiger partial charge is 0.0149 e. The Morgan fingerprint density at radius 1 is 1.17 bits per heavy atom. The van der Waals surface area contributed by atoms with Gasteiger partial charge in [0.1, 0.15) is 0 Å². The van der Waals surface area contributed by atoms with E-state index < -0.39 is 0 Å². The van der Waals surface area contributed by atoms with Crippen LogP contribution in [0.2, 0.25) is 0 Å². The monoisotopic (exact) mass is 165 g/mol. The van der Waals surface area contributed by atoms with Gasteiger partial charge >= 0.3 is 0 Å². The Morgan fingerprint density at radius 3 is 3.00 bits per heavy atom. The highest BCUT2D eigenvalue weighted by Gasteiger charge is 2.45. The maximum Gasteiger partial charge on any atom is 0.0149 e. The third-order valence-corrected chi connectivity index (χ3v) is 4.43. The van der Waals surface area contributed by atoms with Crippen molar-refractivity contribution in [2.45, 2.75) is 38.6 Å². The molecule has 0 N–H and O–H groups in total. The Hall–Kier alpha value is -0.0400. The summed E-state index contributed by atoms with van der Waals surface area (Å²) in [6.07, 6.45) is 6.09. The molecule has 0 aromatic carbocycles. The molecule has 1 nitrogen and oxygen atoms in total. The Labute approximate surface area is 75.1 Å². The van der Waals surface area contributed by atoms with Gasteiger partial charge in [-0.2, -0.15) is 0 Å². The van der Waals surface area contributed by atoms with E-state index in [1.807, 2.05) is 0 Å². The van der Waals surface area contributed by atoms with Gasteiger partial charge in [-0.15, -0.1) is 0 Å². The van der Waals surface area contributed by atoms with E-state index in [0.717, 1.165) is 23.8 Å². The minimum absolute atomic E-state index is 0.990. The van der Waals surface area contributed by atoms with Gasteiger partial charge in [0.15, 0.2) is 0 Å². The Balaban J connectivity index is 1.86. The van der Waals surface area contributed by atoms with E-state index >= 15 is 0 Å². The van der Waals surface area contributed by atoms with Crippen molar-refractivity contribution < 1.29 is 0 Å². The summed E-state index contributed by atoms with van der Waals surface area (Å²) in [4.78, 5) is 2.79. The van der Waals surface area contributed by atoms with Crippen molar-refractivity contribution in [3.63, 3.8) is 0 Å². The Morgan fingerprint density at radius 2 is 2.08 bits per heavy atom. The van der Waals surface area contributed by atoms with E-state index in [-0.39, 0.29) is 0 Å². The van der Waals surface area contributed by atoms with Crippen LogP contribution in [0.5, 0.6) is 0 Å². The summed E-state index contributed by atoms with van der Waals surface area (Å²) in [6, 6.07) is 0.990. The van der Waals surface area contributed by atoms with Crippen molar-refractivity contribution in [3.05, 3.63) is 0 Å². The SMILES string of the molecule is CC1CCC2CC3CCN(C3)C12. The number of rotatable bonds is 0. The van der Waals surface area contributed by atoms with Gasteiger partial charge in [-0.05, 0) is 50.0 Å². The van der Waals surface area contributed by atoms with Crippen molar-refractivity contribution in [2.75, 3.05) is 13.1 Å². The van der Waals surface area contributed by atoms with Crippen LogP contribution >= 0.6 is 0 Å². The molecule has 5 atom stereocenters. The maximum atomic E-state index is 2.79. The average molecular weight is 165 g/mol. The fourth-order valence-corrected chi connectivity index (χ4v) is 3.95. The van der Waals surface area contributed by atoms with Gasteiger partial charge in [-0.3, -0.25) is 4.90 Å². The fourth-order valence-electron chi connectivity index (χ4n) is 3.95. The molecule has 5 unspecified atom stereocenters. The highest BCUT2D eigenvalue weighted by molar-refractivity contribution is 4.98. The van der Waals surface area contributed by atoms with Crippen LogP contribution < -0.4 is 0 Å². The standard InChI is InChI=1S/C11H19N/c1-8-2-3-10-6-9-4-5-12(7-9)11(8)10/h8-11H,2-7H2,1H3. The van der Waals surface area contributed by atoms with Crippen LogP contribution in [-0.4, -0.2) is 24.0 Å². The topological polar surface area (TPSA) is 3.24 Å². The van der Waals surface area contributed by atoms with E-state index in [9.17, 15) is 0 Å². The van der Waals surface area contributed by atoms with Crippen molar-refractivity contribution in [1.82, 2.24) is 4.90 Å². The first-order valence-electron chi connectivity index (χ1n) is 5.58. The molecule has 1 saturated carbocycles. The molecular formula is C11H19N. The third-order valence-electron chi connectivity index (χ3n) is 4.43. The quantitative estimate of drug-likeness (QED) is 0.531. The molecule has 0 aromatic heterocycles. The molecule has 0 radical (unpaired) electrons. The Bertz CT molecular complexity index is 185. The predicted molar refractivity (Wildman–Crippen MR) is 50.0 cm³/mol. The van der Waals surface area contributed by atoms with Crippen molar-refractivity contribution in [1.29, 1.82) is 0 Å². The van der Waals surface area contributed by atoms with Crippen molar-refractivity contribution in [3.8, 4) is 0 Å². The van der Waals surface area contributed by atoms with Crippen LogP contribution in [0.15, 0.2) is 0 Å². The molecule has 2 heterocycles. The van der Waals surface area contributed by atoms with E-state index in [2.05, 4.69) is 11.8 Å². The van der Waals surface area contributed by atoms with Crippen LogP contribution in [-0.2, 0) is 0 Å². The first-order valence-corrected chi connectivity index (χ1v) is 5.58. The van der Waals surface area contributed by atoms with Crippen LogP contribution in [0.1, 0.15) is 32.6 Å². The minimum Gasteiger partial charge on any atom is -0.300 e. The lowest BCUT2D eigenvalue weighted by atomic mass is 9.86. The number of hydrogen-bond donors (Lipinski definition) is 0. The summed E-state index contributed by atoms with van der Waals surface area (Å²) in [5.41, 5.74) is 0. The zero-order valence-electron chi connectivity index (χ0n) is 8.00. The normalized spacial score (nSPS) is 57.2. The zero-order valence-corrected chi connectivity index (χ0v) is 8.00. The van der Waals surface area contributed by atoms with Gasteiger partial charge in [0.2, 0.25) is 0 Å². The second-order valence-corrected chi connectivity index (χ2v) is 5.19. The van der Waals surface area contributed by atoms with Crippen molar-refractivity contribution in [2.24, 2.45) is 17.8 Å². The Kier molecular flexibility index (Phi) is 1.52. The maximum absolute atomic E-state index is 2.79. The second-order valence-electron chi connectivity index (χ2n) is 5.19. The summed E-state index contributed by atoms with van der Waals surface area (Å²) in [7, 11) is 0. The highest BCUT2D eigenvalue weighted by Crippen LogP contribution is 2.45. The molecule has 2 aliphatic heterocycles. The fraction of sp³-hybridized carbons (Fsp3) is 1.00. The van der Waals surface area contributed by atoms with Gasteiger partial charge in [-0.1, -0.05) is 6.92 Å². The van der Waals surface area contributed by atoms with E-state index in [4.69, 9.17) is 0 Å². The molecule has 2 saturated heterocycles. The second kappa shape index (κ2) is 2.47. The number of fused-ring (bicyclic) bond motifs is 4. The first-order chi connectivity index (χ1) is 5.84. The third kappa shape index (κ3) is 0.891. The summed E-state index contributed by atoms with van der Waals surface area (Å²) >= 11 is 0. The molecule has 3 aliphatic rings. The first kappa shape index (κ1) is 7.37. The lowest BCUT2D eigenvalue weighted by Gasteiger charge is -2.37. The number of nitrogens with zero attached hydrogens (tertiary/aromatic N) is 1.